The lowest BCUT2D eigenvalue weighted by Gasteiger charge is -2.27. The van der Waals surface area contributed by atoms with Gasteiger partial charge in [-0.3, -0.25) is 5.10 Å². The molecule has 2 fully saturated rings. The molecule has 3 heterocycles. The van der Waals surface area contributed by atoms with Crippen molar-refractivity contribution in [1.82, 2.24) is 30.7 Å². The lowest BCUT2D eigenvalue weighted by Crippen LogP contribution is -2.30. The van der Waals surface area contributed by atoms with E-state index in [1.165, 1.54) is 50.1 Å². The van der Waals surface area contributed by atoms with Crippen LogP contribution in [0.25, 0.3) is 16.6 Å². The first-order chi connectivity index (χ1) is 17.0. The van der Waals surface area contributed by atoms with Crippen LogP contribution in [0, 0.1) is 5.92 Å². The van der Waals surface area contributed by atoms with Crippen LogP contribution < -0.4 is 21.8 Å². The molecule has 0 radical (unpaired) electrons. The highest BCUT2D eigenvalue weighted by atomic mass is 35.5. The second kappa shape index (κ2) is 12.2. The predicted molar refractivity (Wildman–Crippen MR) is 142 cm³/mol. The summed E-state index contributed by atoms with van der Waals surface area (Å²) in [5.41, 5.74) is 9.12. The Kier molecular flexibility index (Phi) is 8.79. The van der Waals surface area contributed by atoms with E-state index < -0.39 is 0 Å². The maximum absolute atomic E-state index is 6.26. The highest BCUT2D eigenvalue weighted by molar-refractivity contribution is 6.31. The van der Waals surface area contributed by atoms with Crippen molar-refractivity contribution in [2.45, 2.75) is 45.1 Å². The molecular formula is C25H36ClN9. The van der Waals surface area contributed by atoms with Gasteiger partial charge in [-0.1, -0.05) is 18.0 Å². The average Bonchev–Trinajstić information content (AvgIpc) is 3.30. The second-order valence-corrected chi connectivity index (χ2v) is 9.76. The van der Waals surface area contributed by atoms with Crippen LogP contribution in [0.15, 0.2) is 36.7 Å². The molecular weight excluding hydrogens is 462 g/mol. The van der Waals surface area contributed by atoms with Gasteiger partial charge in [0.2, 0.25) is 0 Å². The number of H-pyrrole nitrogens is 1. The van der Waals surface area contributed by atoms with E-state index in [0.717, 1.165) is 47.0 Å². The molecule has 188 valence electrons. The number of halogens is 1. The Morgan fingerprint density at radius 3 is 2.63 bits per heavy atom. The van der Waals surface area contributed by atoms with Crippen molar-refractivity contribution < 1.29 is 0 Å². The molecule has 5 rings (SSSR count). The van der Waals surface area contributed by atoms with Crippen molar-refractivity contribution in [2.24, 2.45) is 17.5 Å². The lowest BCUT2D eigenvalue weighted by atomic mass is 9.86. The minimum absolute atomic E-state index is 0.392. The zero-order chi connectivity index (χ0) is 24.6. The second-order valence-electron chi connectivity index (χ2n) is 9.33. The maximum Gasteiger partial charge on any atom is 0.151 e. The van der Waals surface area contributed by atoms with Gasteiger partial charge in [0.05, 0.1) is 29.6 Å². The normalized spacial score (nSPS) is 16.5. The number of aromatic nitrogens is 4. The molecule has 3 aromatic rings. The quantitative estimate of drug-likeness (QED) is 0.288. The molecule has 1 saturated heterocycles. The molecule has 1 aromatic carbocycles. The molecule has 9 nitrogen and oxygen atoms in total. The summed E-state index contributed by atoms with van der Waals surface area (Å²) in [4.78, 5) is 2.27. The Bertz CT molecular complexity index is 1100. The number of aromatic amines is 1. The van der Waals surface area contributed by atoms with E-state index in [-0.39, 0.29) is 0 Å². The maximum atomic E-state index is 6.26. The third kappa shape index (κ3) is 6.84. The highest BCUT2D eigenvalue weighted by Gasteiger charge is 2.15. The number of nitrogens with two attached hydrogens (primary N) is 2. The highest BCUT2D eigenvalue weighted by Crippen LogP contribution is 2.26. The zero-order valence-corrected chi connectivity index (χ0v) is 21.1. The number of benzene rings is 1. The Hall–Kier alpha value is -2.88. The largest absolute Gasteiger partial charge is 0.397 e. The first-order valence-corrected chi connectivity index (χ1v) is 12.7. The number of hydrogen-bond acceptors (Lipinski definition) is 8. The van der Waals surface area contributed by atoms with Gasteiger partial charge in [-0.15, -0.1) is 5.10 Å². The van der Waals surface area contributed by atoms with Crippen LogP contribution in [0.1, 0.15) is 49.8 Å². The zero-order valence-electron chi connectivity index (χ0n) is 20.4. The van der Waals surface area contributed by atoms with Gasteiger partial charge in [-0.05, 0) is 75.9 Å². The lowest BCUT2D eigenvalue weighted by molar-refractivity contribution is 0.309. The molecule has 0 bridgehead atoms. The van der Waals surface area contributed by atoms with Crippen molar-refractivity contribution >= 4 is 34.0 Å². The fraction of sp³-hybridized carbons (Fsp3) is 0.480. The molecule has 10 heteroatoms. The minimum atomic E-state index is 0.392. The standard InChI is InChI=1S/C19H23ClN8.C6H13N/c20-13-8-15(16-10-23-25-18(16)9-13)17(21)12-28(22)11-14-4-5-19(26-24-14)27-6-2-1-3-7-27;1-7-5-6-3-2-4-6/h4-5,8-10,12H,1-3,6-7,11,21-22H2,(H,23,25);6-7H,2-5H2,1H3/b17-12-;. The summed E-state index contributed by atoms with van der Waals surface area (Å²) in [6, 6.07) is 7.56. The monoisotopic (exact) mass is 497 g/mol. The van der Waals surface area contributed by atoms with E-state index in [0.29, 0.717) is 17.3 Å². The van der Waals surface area contributed by atoms with Gasteiger partial charge in [0, 0.05) is 35.3 Å². The van der Waals surface area contributed by atoms with E-state index in [1.54, 1.807) is 24.5 Å². The van der Waals surface area contributed by atoms with Gasteiger partial charge < -0.3 is 21.0 Å². The summed E-state index contributed by atoms with van der Waals surface area (Å²) in [6.07, 6.45) is 11.5. The molecule has 0 unspecified atom stereocenters. The van der Waals surface area contributed by atoms with Crippen LogP contribution in [0.3, 0.4) is 0 Å². The van der Waals surface area contributed by atoms with E-state index in [9.17, 15) is 0 Å². The minimum Gasteiger partial charge on any atom is -0.397 e. The van der Waals surface area contributed by atoms with E-state index in [1.807, 2.05) is 19.2 Å². The molecule has 2 aliphatic rings. The first kappa shape index (κ1) is 25.2. The van der Waals surface area contributed by atoms with Crippen LogP contribution in [-0.2, 0) is 6.54 Å². The molecule has 1 aliphatic carbocycles. The van der Waals surface area contributed by atoms with Crippen molar-refractivity contribution in [2.75, 3.05) is 31.6 Å². The van der Waals surface area contributed by atoms with Gasteiger partial charge in [-0.2, -0.15) is 10.2 Å². The summed E-state index contributed by atoms with van der Waals surface area (Å²) in [5, 5.41) is 21.7. The number of hydrazine groups is 1. The summed E-state index contributed by atoms with van der Waals surface area (Å²) in [7, 11) is 2.03. The van der Waals surface area contributed by atoms with E-state index in [4.69, 9.17) is 23.2 Å². The molecule has 0 atom stereocenters. The van der Waals surface area contributed by atoms with Crippen LogP contribution in [-0.4, -0.2) is 52.1 Å². The van der Waals surface area contributed by atoms with Crippen molar-refractivity contribution in [3.8, 4) is 0 Å². The number of nitrogens with one attached hydrogen (secondary N) is 2. The SMILES string of the molecule is CNCC1CCC1.N/C(=C\N(N)Cc1ccc(N2CCCCC2)nn1)c1cc(Cl)cc2[nH]ncc12. The average molecular weight is 498 g/mol. The van der Waals surface area contributed by atoms with Crippen LogP contribution in [0.5, 0.6) is 0 Å². The topological polar surface area (TPSA) is 125 Å². The predicted octanol–water partition coefficient (Wildman–Crippen LogP) is 3.64. The third-order valence-corrected chi connectivity index (χ3v) is 6.81. The smallest absolute Gasteiger partial charge is 0.151 e. The number of rotatable bonds is 7. The number of anilines is 1. The summed E-state index contributed by atoms with van der Waals surface area (Å²) in [6.45, 7) is 3.71. The van der Waals surface area contributed by atoms with Gasteiger partial charge in [0.15, 0.2) is 5.82 Å². The van der Waals surface area contributed by atoms with Gasteiger partial charge in [0.25, 0.3) is 0 Å². The summed E-state index contributed by atoms with van der Waals surface area (Å²) >= 11 is 6.17. The fourth-order valence-corrected chi connectivity index (χ4v) is 4.67. The van der Waals surface area contributed by atoms with E-state index in [2.05, 4.69) is 30.6 Å². The number of piperidine rings is 1. The van der Waals surface area contributed by atoms with Crippen molar-refractivity contribution in [3.63, 3.8) is 0 Å². The Morgan fingerprint density at radius 2 is 2.00 bits per heavy atom. The fourth-order valence-electron chi connectivity index (χ4n) is 4.45. The number of hydrogen-bond donors (Lipinski definition) is 4. The van der Waals surface area contributed by atoms with Gasteiger partial charge >= 0.3 is 0 Å². The first-order valence-electron chi connectivity index (χ1n) is 12.4. The molecule has 0 spiro atoms. The molecule has 0 amide bonds. The Labute approximate surface area is 211 Å². The Balaban J connectivity index is 0.000000356. The van der Waals surface area contributed by atoms with Crippen LogP contribution in [0.2, 0.25) is 5.02 Å². The molecule has 1 saturated carbocycles. The van der Waals surface area contributed by atoms with Gasteiger partial charge in [0.1, 0.15) is 0 Å². The summed E-state index contributed by atoms with van der Waals surface area (Å²) in [5.74, 6) is 8.06. The summed E-state index contributed by atoms with van der Waals surface area (Å²) < 4.78 is 0. The van der Waals surface area contributed by atoms with Crippen LogP contribution >= 0.6 is 11.6 Å². The van der Waals surface area contributed by atoms with Crippen molar-refractivity contribution in [1.29, 1.82) is 0 Å². The molecule has 1 aliphatic heterocycles. The molecule has 35 heavy (non-hydrogen) atoms. The third-order valence-electron chi connectivity index (χ3n) is 6.59. The van der Waals surface area contributed by atoms with Gasteiger partial charge in [-0.25, -0.2) is 5.84 Å². The number of fused-ring (bicyclic) bond motifs is 1. The molecule has 2 aromatic heterocycles. The van der Waals surface area contributed by atoms with E-state index >= 15 is 0 Å². The number of nitrogens with zero attached hydrogens (tertiary/aromatic N) is 5. The van der Waals surface area contributed by atoms with Crippen molar-refractivity contribution in [3.05, 3.63) is 52.9 Å². The Morgan fingerprint density at radius 1 is 1.20 bits per heavy atom. The van der Waals surface area contributed by atoms with Crippen LogP contribution in [0.4, 0.5) is 5.82 Å². The molecule has 6 N–H and O–H groups in total.